The van der Waals surface area contributed by atoms with Crippen molar-refractivity contribution in [3.8, 4) is 0 Å². The Kier molecular flexibility index (Phi) is 3.81. The predicted octanol–water partition coefficient (Wildman–Crippen LogP) is 1.98. The Labute approximate surface area is 119 Å². The van der Waals surface area contributed by atoms with Crippen molar-refractivity contribution in [3.05, 3.63) is 34.9 Å². The Bertz CT molecular complexity index is 454. The minimum Gasteiger partial charge on any atom is -0.392 e. The van der Waals surface area contributed by atoms with E-state index in [0.717, 1.165) is 37.6 Å². The van der Waals surface area contributed by atoms with Crippen LogP contribution in [0.4, 0.5) is 0 Å². The van der Waals surface area contributed by atoms with Crippen molar-refractivity contribution in [1.29, 1.82) is 0 Å². The lowest BCUT2D eigenvalue weighted by Gasteiger charge is -2.42. The zero-order valence-electron chi connectivity index (χ0n) is 11.3. The highest BCUT2D eigenvalue weighted by atomic mass is 35.5. The molecule has 2 aliphatic rings. The van der Waals surface area contributed by atoms with Crippen molar-refractivity contribution in [2.45, 2.75) is 38.1 Å². The third kappa shape index (κ3) is 2.79. The second-order valence-electron chi connectivity index (χ2n) is 5.87. The Morgan fingerprint density at radius 1 is 1.26 bits per heavy atom. The first-order chi connectivity index (χ1) is 9.13. The molecule has 2 heterocycles. The van der Waals surface area contributed by atoms with Crippen molar-refractivity contribution in [2.75, 3.05) is 19.6 Å². The van der Waals surface area contributed by atoms with Crippen LogP contribution in [-0.2, 0) is 6.54 Å². The molecule has 104 valence electrons. The smallest absolute Gasteiger partial charge is 0.0682 e. The first-order valence-corrected chi connectivity index (χ1v) is 7.41. The lowest BCUT2D eigenvalue weighted by atomic mass is 10.1. The van der Waals surface area contributed by atoms with Gasteiger partial charge in [-0.05, 0) is 25.0 Å². The summed E-state index contributed by atoms with van der Waals surface area (Å²) >= 11 is 6.25. The zero-order chi connectivity index (χ0) is 13.4. The molecule has 0 bridgehead atoms. The molecule has 1 aromatic carbocycles. The number of rotatable bonds is 2. The van der Waals surface area contributed by atoms with Gasteiger partial charge in [0.1, 0.15) is 0 Å². The van der Waals surface area contributed by atoms with Gasteiger partial charge in [-0.3, -0.25) is 9.80 Å². The first-order valence-electron chi connectivity index (χ1n) is 7.03. The average molecular weight is 281 g/mol. The molecule has 2 saturated heterocycles. The van der Waals surface area contributed by atoms with Gasteiger partial charge in [0.2, 0.25) is 0 Å². The minimum atomic E-state index is -0.141. The van der Waals surface area contributed by atoms with Crippen LogP contribution < -0.4 is 0 Å². The van der Waals surface area contributed by atoms with Gasteiger partial charge in [0.15, 0.2) is 0 Å². The van der Waals surface area contributed by atoms with Gasteiger partial charge in [0.05, 0.1) is 6.10 Å². The van der Waals surface area contributed by atoms with E-state index in [4.69, 9.17) is 11.6 Å². The van der Waals surface area contributed by atoms with Crippen LogP contribution in [0.2, 0.25) is 5.02 Å². The summed E-state index contributed by atoms with van der Waals surface area (Å²) in [5.41, 5.74) is 1.20. The Balaban J connectivity index is 1.70. The highest BCUT2D eigenvalue weighted by Crippen LogP contribution is 2.27. The number of halogens is 1. The van der Waals surface area contributed by atoms with E-state index in [1.165, 1.54) is 5.56 Å². The molecule has 0 spiro atoms. The summed E-state index contributed by atoms with van der Waals surface area (Å²) in [5, 5.41) is 10.6. The molecular formula is C15H21ClN2O. The van der Waals surface area contributed by atoms with Crippen LogP contribution in [-0.4, -0.2) is 52.7 Å². The van der Waals surface area contributed by atoms with E-state index in [1.54, 1.807) is 0 Å². The first kappa shape index (κ1) is 13.4. The van der Waals surface area contributed by atoms with E-state index in [-0.39, 0.29) is 6.10 Å². The molecular weight excluding hydrogens is 260 g/mol. The minimum absolute atomic E-state index is 0.141. The van der Waals surface area contributed by atoms with Gasteiger partial charge in [0.25, 0.3) is 0 Å². The fourth-order valence-electron chi connectivity index (χ4n) is 3.34. The van der Waals surface area contributed by atoms with Gasteiger partial charge in [-0.1, -0.05) is 29.8 Å². The van der Waals surface area contributed by atoms with Gasteiger partial charge in [-0.15, -0.1) is 0 Å². The molecule has 0 aromatic heterocycles. The van der Waals surface area contributed by atoms with Crippen LogP contribution in [0.15, 0.2) is 24.3 Å². The van der Waals surface area contributed by atoms with Gasteiger partial charge < -0.3 is 5.11 Å². The highest BCUT2D eigenvalue weighted by molar-refractivity contribution is 6.31. The zero-order valence-corrected chi connectivity index (χ0v) is 12.1. The predicted molar refractivity (Wildman–Crippen MR) is 77.3 cm³/mol. The van der Waals surface area contributed by atoms with E-state index >= 15 is 0 Å². The summed E-state index contributed by atoms with van der Waals surface area (Å²) < 4.78 is 0. The summed E-state index contributed by atoms with van der Waals surface area (Å²) in [6.45, 7) is 6.09. The molecule has 3 rings (SSSR count). The summed E-state index contributed by atoms with van der Waals surface area (Å²) in [5.74, 6) is 0. The monoisotopic (exact) mass is 280 g/mol. The van der Waals surface area contributed by atoms with Crippen molar-refractivity contribution in [3.63, 3.8) is 0 Å². The highest BCUT2D eigenvalue weighted by Gasteiger charge is 2.38. The molecule has 0 saturated carbocycles. The van der Waals surface area contributed by atoms with Gasteiger partial charge in [-0.25, -0.2) is 0 Å². The number of nitrogens with zero attached hydrogens (tertiary/aromatic N) is 2. The molecule has 3 atom stereocenters. The van der Waals surface area contributed by atoms with E-state index in [2.05, 4.69) is 22.8 Å². The standard InChI is InChI=1S/C15H21ClN2O/c1-11-7-18-10-14(19)6-13(18)9-17(11)8-12-4-2-3-5-15(12)16/h2-5,11,13-14,19H,6-10H2,1H3/t11-,13?,14-/m1/s1. The second-order valence-corrected chi connectivity index (χ2v) is 6.27. The molecule has 2 fully saturated rings. The molecule has 1 unspecified atom stereocenters. The van der Waals surface area contributed by atoms with Crippen molar-refractivity contribution >= 4 is 11.6 Å². The molecule has 0 aliphatic carbocycles. The lowest BCUT2D eigenvalue weighted by molar-refractivity contribution is 0.0529. The Hall–Kier alpha value is -0.610. The largest absolute Gasteiger partial charge is 0.392 e. The number of hydrogen-bond acceptors (Lipinski definition) is 3. The van der Waals surface area contributed by atoms with Gasteiger partial charge in [-0.2, -0.15) is 0 Å². The normalized spacial score (nSPS) is 32.5. The van der Waals surface area contributed by atoms with Gasteiger partial charge >= 0.3 is 0 Å². The van der Waals surface area contributed by atoms with E-state index in [9.17, 15) is 5.11 Å². The number of benzene rings is 1. The van der Waals surface area contributed by atoms with Crippen molar-refractivity contribution in [2.24, 2.45) is 0 Å². The third-order valence-corrected chi connectivity index (χ3v) is 4.77. The third-order valence-electron chi connectivity index (χ3n) is 4.40. The lowest BCUT2D eigenvalue weighted by Crippen LogP contribution is -2.54. The number of hydrogen-bond donors (Lipinski definition) is 1. The Morgan fingerprint density at radius 2 is 2.05 bits per heavy atom. The second kappa shape index (κ2) is 5.41. The molecule has 0 radical (unpaired) electrons. The molecule has 1 aromatic rings. The number of piperazine rings is 1. The quantitative estimate of drug-likeness (QED) is 0.897. The summed E-state index contributed by atoms with van der Waals surface area (Å²) in [4.78, 5) is 4.92. The molecule has 0 amide bonds. The van der Waals surface area contributed by atoms with Crippen LogP contribution in [0.3, 0.4) is 0 Å². The fraction of sp³-hybridized carbons (Fsp3) is 0.600. The maximum absolute atomic E-state index is 9.79. The topological polar surface area (TPSA) is 26.7 Å². The summed E-state index contributed by atoms with van der Waals surface area (Å²) in [6, 6.07) is 9.09. The maximum atomic E-state index is 9.79. The van der Waals surface area contributed by atoms with Crippen molar-refractivity contribution < 1.29 is 5.11 Å². The maximum Gasteiger partial charge on any atom is 0.0682 e. The molecule has 4 heteroatoms. The number of fused-ring (bicyclic) bond motifs is 1. The van der Waals surface area contributed by atoms with Crippen LogP contribution >= 0.6 is 11.6 Å². The molecule has 1 N–H and O–H groups in total. The van der Waals surface area contributed by atoms with Crippen LogP contribution in [0.5, 0.6) is 0 Å². The van der Waals surface area contributed by atoms with Crippen LogP contribution in [0, 0.1) is 0 Å². The number of aliphatic hydroxyl groups is 1. The van der Waals surface area contributed by atoms with Crippen LogP contribution in [0.25, 0.3) is 0 Å². The average Bonchev–Trinajstić information content (AvgIpc) is 2.71. The molecule has 2 aliphatic heterocycles. The van der Waals surface area contributed by atoms with E-state index < -0.39 is 0 Å². The van der Waals surface area contributed by atoms with Gasteiger partial charge in [0, 0.05) is 43.3 Å². The van der Waals surface area contributed by atoms with E-state index in [1.807, 2.05) is 18.2 Å². The van der Waals surface area contributed by atoms with Crippen LogP contribution in [0.1, 0.15) is 18.9 Å². The van der Waals surface area contributed by atoms with E-state index in [0.29, 0.717) is 12.1 Å². The Morgan fingerprint density at radius 3 is 2.84 bits per heavy atom. The van der Waals surface area contributed by atoms with Crippen molar-refractivity contribution in [1.82, 2.24) is 9.80 Å². The number of aliphatic hydroxyl groups excluding tert-OH is 1. The summed E-state index contributed by atoms with van der Waals surface area (Å²) in [7, 11) is 0. The SMILES string of the molecule is C[C@@H]1CN2C[C@H](O)CC2CN1Cc1ccccc1Cl. The molecule has 19 heavy (non-hydrogen) atoms. The molecule has 3 nitrogen and oxygen atoms in total. The fourth-order valence-corrected chi connectivity index (χ4v) is 3.54. The summed E-state index contributed by atoms with van der Waals surface area (Å²) in [6.07, 6.45) is 0.767.